The SMILES string of the molecule is C=C(CC)CC(NCC)c1ccncc1OC. The normalized spacial score (nSPS) is 12.2. The van der Waals surface area contributed by atoms with Crippen LogP contribution in [-0.2, 0) is 0 Å². The molecule has 0 saturated heterocycles. The van der Waals surface area contributed by atoms with Crippen molar-refractivity contribution in [2.75, 3.05) is 13.7 Å². The van der Waals surface area contributed by atoms with E-state index in [1.807, 2.05) is 6.07 Å². The fourth-order valence-electron chi connectivity index (χ4n) is 1.82. The van der Waals surface area contributed by atoms with Gasteiger partial charge < -0.3 is 10.1 Å². The predicted molar refractivity (Wildman–Crippen MR) is 71.3 cm³/mol. The molecule has 1 atom stereocenters. The smallest absolute Gasteiger partial charge is 0.141 e. The summed E-state index contributed by atoms with van der Waals surface area (Å²) in [5.41, 5.74) is 2.40. The number of hydrogen-bond donors (Lipinski definition) is 1. The molecule has 0 spiro atoms. The number of aromatic nitrogens is 1. The molecular weight excluding hydrogens is 212 g/mol. The van der Waals surface area contributed by atoms with Crippen LogP contribution >= 0.6 is 0 Å². The molecule has 0 aliphatic rings. The lowest BCUT2D eigenvalue weighted by Gasteiger charge is -2.21. The van der Waals surface area contributed by atoms with Gasteiger partial charge in [0.15, 0.2) is 0 Å². The monoisotopic (exact) mass is 234 g/mol. The van der Waals surface area contributed by atoms with Crippen LogP contribution in [0.25, 0.3) is 0 Å². The van der Waals surface area contributed by atoms with Gasteiger partial charge in [-0.2, -0.15) is 0 Å². The highest BCUT2D eigenvalue weighted by Crippen LogP contribution is 2.28. The van der Waals surface area contributed by atoms with E-state index in [9.17, 15) is 0 Å². The summed E-state index contributed by atoms with van der Waals surface area (Å²) in [4.78, 5) is 4.08. The van der Waals surface area contributed by atoms with Gasteiger partial charge in [0.2, 0.25) is 0 Å². The zero-order valence-corrected chi connectivity index (χ0v) is 11.0. The average molecular weight is 234 g/mol. The van der Waals surface area contributed by atoms with Gasteiger partial charge in [0.05, 0.1) is 13.3 Å². The maximum atomic E-state index is 5.36. The van der Waals surface area contributed by atoms with Crippen LogP contribution in [0.4, 0.5) is 0 Å². The minimum atomic E-state index is 0.255. The zero-order chi connectivity index (χ0) is 12.7. The number of nitrogens with one attached hydrogen (secondary N) is 1. The summed E-state index contributed by atoms with van der Waals surface area (Å²) in [6.45, 7) is 9.24. The highest BCUT2D eigenvalue weighted by molar-refractivity contribution is 5.33. The summed E-state index contributed by atoms with van der Waals surface area (Å²) in [5, 5.41) is 3.47. The molecule has 94 valence electrons. The van der Waals surface area contributed by atoms with Crippen LogP contribution in [0.3, 0.4) is 0 Å². The first-order valence-corrected chi connectivity index (χ1v) is 6.10. The van der Waals surface area contributed by atoms with E-state index in [0.29, 0.717) is 0 Å². The van der Waals surface area contributed by atoms with E-state index in [4.69, 9.17) is 4.74 Å². The topological polar surface area (TPSA) is 34.2 Å². The molecule has 0 bridgehead atoms. The van der Waals surface area contributed by atoms with E-state index >= 15 is 0 Å². The lowest BCUT2D eigenvalue weighted by molar-refractivity contribution is 0.397. The number of methoxy groups -OCH3 is 1. The van der Waals surface area contributed by atoms with Crippen molar-refractivity contribution in [3.63, 3.8) is 0 Å². The fraction of sp³-hybridized carbons (Fsp3) is 0.500. The Bertz CT molecular complexity index is 363. The van der Waals surface area contributed by atoms with Crippen LogP contribution in [0, 0.1) is 0 Å². The molecule has 1 aromatic heterocycles. The van der Waals surface area contributed by atoms with Crippen molar-refractivity contribution in [1.29, 1.82) is 0 Å². The largest absolute Gasteiger partial charge is 0.495 e. The lowest BCUT2D eigenvalue weighted by atomic mass is 9.98. The molecule has 1 aromatic rings. The van der Waals surface area contributed by atoms with Crippen molar-refractivity contribution in [3.05, 3.63) is 36.2 Å². The number of pyridine rings is 1. The molecule has 3 nitrogen and oxygen atoms in total. The van der Waals surface area contributed by atoms with Crippen LogP contribution in [-0.4, -0.2) is 18.6 Å². The Morgan fingerprint density at radius 1 is 1.53 bits per heavy atom. The summed E-state index contributed by atoms with van der Waals surface area (Å²) in [6.07, 6.45) is 5.51. The lowest BCUT2D eigenvalue weighted by Crippen LogP contribution is -2.22. The Morgan fingerprint density at radius 3 is 2.88 bits per heavy atom. The standard InChI is InChI=1S/C14H22N2O/c1-5-11(3)9-13(16-6-2)12-7-8-15-10-14(12)17-4/h7-8,10,13,16H,3,5-6,9H2,1-2,4H3. The molecule has 0 radical (unpaired) electrons. The zero-order valence-electron chi connectivity index (χ0n) is 11.0. The van der Waals surface area contributed by atoms with Gasteiger partial charge in [-0.05, 0) is 25.5 Å². The van der Waals surface area contributed by atoms with E-state index in [1.54, 1.807) is 19.5 Å². The minimum Gasteiger partial charge on any atom is -0.495 e. The maximum absolute atomic E-state index is 5.36. The quantitative estimate of drug-likeness (QED) is 0.736. The Balaban J connectivity index is 2.91. The van der Waals surface area contributed by atoms with Crippen LogP contribution in [0.1, 0.15) is 38.3 Å². The van der Waals surface area contributed by atoms with Crippen molar-refractivity contribution in [2.24, 2.45) is 0 Å². The molecule has 1 rings (SSSR count). The molecule has 0 fully saturated rings. The van der Waals surface area contributed by atoms with E-state index in [1.165, 1.54) is 5.57 Å². The Hall–Kier alpha value is -1.35. The highest BCUT2D eigenvalue weighted by atomic mass is 16.5. The Labute approximate surface area is 104 Å². The minimum absolute atomic E-state index is 0.255. The molecule has 0 aromatic carbocycles. The second kappa shape index (κ2) is 7.07. The summed E-state index contributed by atoms with van der Waals surface area (Å²) < 4.78 is 5.36. The van der Waals surface area contributed by atoms with Crippen LogP contribution in [0.2, 0.25) is 0 Å². The van der Waals surface area contributed by atoms with Gasteiger partial charge in [-0.1, -0.05) is 26.0 Å². The molecule has 1 heterocycles. The van der Waals surface area contributed by atoms with Crippen molar-refractivity contribution in [1.82, 2.24) is 10.3 Å². The average Bonchev–Trinajstić information content (AvgIpc) is 2.38. The second-order valence-corrected chi connectivity index (χ2v) is 4.04. The molecular formula is C14H22N2O. The number of nitrogens with zero attached hydrogens (tertiary/aromatic N) is 1. The van der Waals surface area contributed by atoms with Crippen LogP contribution in [0.5, 0.6) is 5.75 Å². The van der Waals surface area contributed by atoms with Gasteiger partial charge >= 0.3 is 0 Å². The molecule has 0 saturated carbocycles. The third kappa shape index (κ3) is 3.86. The molecule has 0 amide bonds. The molecule has 1 N–H and O–H groups in total. The third-order valence-corrected chi connectivity index (χ3v) is 2.86. The first kappa shape index (κ1) is 13.7. The summed E-state index contributed by atoms with van der Waals surface area (Å²) in [5.74, 6) is 0.836. The van der Waals surface area contributed by atoms with Gasteiger partial charge in [-0.15, -0.1) is 0 Å². The summed E-state index contributed by atoms with van der Waals surface area (Å²) >= 11 is 0. The summed E-state index contributed by atoms with van der Waals surface area (Å²) in [7, 11) is 1.68. The number of ether oxygens (including phenoxy) is 1. The van der Waals surface area contributed by atoms with Gasteiger partial charge in [0.25, 0.3) is 0 Å². The van der Waals surface area contributed by atoms with Gasteiger partial charge in [0.1, 0.15) is 5.75 Å². The Morgan fingerprint density at radius 2 is 2.29 bits per heavy atom. The molecule has 1 unspecified atom stereocenters. The van der Waals surface area contributed by atoms with Crippen LogP contribution in [0.15, 0.2) is 30.6 Å². The van der Waals surface area contributed by atoms with E-state index in [0.717, 1.165) is 30.7 Å². The molecule has 0 aliphatic heterocycles. The number of rotatable bonds is 7. The maximum Gasteiger partial charge on any atom is 0.141 e. The molecule has 17 heavy (non-hydrogen) atoms. The first-order chi connectivity index (χ1) is 8.22. The first-order valence-electron chi connectivity index (χ1n) is 6.10. The fourth-order valence-corrected chi connectivity index (χ4v) is 1.82. The molecule has 0 aliphatic carbocycles. The van der Waals surface area contributed by atoms with Gasteiger partial charge in [-0.3, -0.25) is 4.98 Å². The van der Waals surface area contributed by atoms with Crippen LogP contribution < -0.4 is 10.1 Å². The Kier molecular flexibility index (Phi) is 5.70. The third-order valence-electron chi connectivity index (χ3n) is 2.86. The van der Waals surface area contributed by atoms with Crippen molar-refractivity contribution in [2.45, 2.75) is 32.7 Å². The van der Waals surface area contributed by atoms with Gasteiger partial charge in [0, 0.05) is 17.8 Å². The van der Waals surface area contributed by atoms with E-state index in [2.05, 4.69) is 30.7 Å². The summed E-state index contributed by atoms with van der Waals surface area (Å²) in [6, 6.07) is 2.26. The van der Waals surface area contributed by atoms with Crippen molar-refractivity contribution >= 4 is 0 Å². The predicted octanol–water partition coefficient (Wildman–Crippen LogP) is 3.10. The van der Waals surface area contributed by atoms with E-state index < -0.39 is 0 Å². The molecule has 3 heteroatoms. The van der Waals surface area contributed by atoms with Crippen molar-refractivity contribution < 1.29 is 4.74 Å². The number of hydrogen-bond acceptors (Lipinski definition) is 3. The van der Waals surface area contributed by atoms with E-state index in [-0.39, 0.29) is 6.04 Å². The highest BCUT2D eigenvalue weighted by Gasteiger charge is 2.15. The second-order valence-electron chi connectivity index (χ2n) is 4.04. The van der Waals surface area contributed by atoms with Crippen molar-refractivity contribution in [3.8, 4) is 5.75 Å². The van der Waals surface area contributed by atoms with Gasteiger partial charge in [-0.25, -0.2) is 0 Å².